The third-order valence-electron chi connectivity index (χ3n) is 2.83. The highest BCUT2D eigenvalue weighted by Crippen LogP contribution is 2.46. The second-order valence-electron chi connectivity index (χ2n) is 4.23. The van der Waals surface area contributed by atoms with Gasteiger partial charge >= 0.3 is 0 Å². The molecule has 15 heavy (non-hydrogen) atoms. The van der Waals surface area contributed by atoms with Crippen LogP contribution >= 0.6 is 27.3 Å². The van der Waals surface area contributed by atoms with Crippen LogP contribution in [0.1, 0.15) is 27.4 Å². The minimum atomic E-state index is 0.0697. The van der Waals surface area contributed by atoms with Crippen LogP contribution in [0, 0.1) is 12.3 Å². The van der Waals surface area contributed by atoms with Gasteiger partial charge in [-0.1, -0.05) is 15.9 Å². The van der Waals surface area contributed by atoms with Crippen LogP contribution in [0.2, 0.25) is 0 Å². The summed E-state index contributed by atoms with van der Waals surface area (Å²) in [5.41, 5.74) is 0.349. The van der Waals surface area contributed by atoms with Gasteiger partial charge in [-0.15, -0.1) is 11.3 Å². The van der Waals surface area contributed by atoms with Gasteiger partial charge in [0, 0.05) is 16.8 Å². The molecule has 1 aliphatic rings. The van der Waals surface area contributed by atoms with Crippen molar-refractivity contribution in [1.82, 2.24) is 5.32 Å². The van der Waals surface area contributed by atoms with Crippen molar-refractivity contribution in [2.45, 2.75) is 19.8 Å². The Hall–Kier alpha value is -0.350. The third-order valence-corrected chi connectivity index (χ3v) is 5.02. The van der Waals surface area contributed by atoms with E-state index >= 15 is 0 Å². The number of carbonyl (C=O) groups excluding carboxylic acids is 1. The van der Waals surface area contributed by atoms with Crippen molar-refractivity contribution in [1.29, 1.82) is 0 Å². The maximum Gasteiger partial charge on any atom is 0.261 e. The molecule has 0 saturated heterocycles. The monoisotopic (exact) mass is 287 g/mol. The summed E-state index contributed by atoms with van der Waals surface area (Å²) in [6, 6.07) is 3.87. The van der Waals surface area contributed by atoms with Crippen LogP contribution in [0.5, 0.6) is 0 Å². The predicted octanol–water partition coefficient (Wildman–Crippen LogP) is 2.96. The Morgan fingerprint density at radius 1 is 1.60 bits per heavy atom. The Balaban J connectivity index is 1.88. The normalized spacial score (nSPS) is 17.5. The molecule has 1 N–H and O–H groups in total. The number of hydrogen-bond acceptors (Lipinski definition) is 2. The van der Waals surface area contributed by atoms with Crippen molar-refractivity contribution < 1.29 is 4.79 Å². The molecular weight excluding hydrogens is 274 g/mol. The van der Waals surface area contributed by atoms with Gasteiger partial charge in [-0.05, 0) is 37.3 Å². The van der Waals surface area contributed by atoms with Crippen molar-refractivity contribution in [3.63, 3.8) is 0 Å². The Labute approximate surface area is 102 Å². The maximum atomic E-state index is 11.7. The van der Waals surface area contributed by atoms with E-state index in [-0.39, 0.29) is 5.91 Å². The summed E-state index contributed by atoms with van der Waals surface area (Å²) < 4.78 is 0. The van der Waals surface area contributed by atoms with E-state index in [1.165, 1.54) is 17.7 Å². The van der Waals surface area contributed by atoms with E-state index in [1.807, 2.05) is 19.1 Å². The van der Waals surface area contributed by atoms with Crippen molar-refractivity contribution in [3.05, 3.63) is 21.9 Å². The molecule has 82 valence electrons. The van der Waals surface area contributed by atoms with E-state index in [9.17, 15) is 4.79 Å². The number of nitrogens with one attached hydrogen (secondary N) is 1. The van der Waals surface area contributed by atoms with Crippen LogP contribution in [-0.2, 0) is 0 Å². The van der Waals surface area contributed by atoms with Crippen molar-refractivity contribution >= 4 is 33.2 Å². The largest absolute Gasteiger partial charge is 0.351 e. The summed E-state index contributed by atoms with van der Waals surface area (Å²) in [7, 11) is 0. The second-order valence-corrected chi connectivity index (χ2v) is 6.08. The Kier molecular flexibility index (Phi) is 3.16. The molecule has 1 saturated carbocycles. The quantitative estimate of drug-likeness (QED) is 0.848. The zero-order valence-corrected chi connectivity index (χ0v) is 11.1. The van der Waals surface area contributed by atoms with E-state index in [2.05, 4.69) is 21.2 Å². The lowest BCUT2D eigenvalue weighted by Gasteiger charge is -2.11. The number of hydrogen-bond donors (Lipinski definition) is 1. The van der Waals surface area contributed by atoms with Gasteiger partial charge in [-0.25, -0.2) is 0 Å². The molecule has 1 fully saturated rings. The molecule has 0 unspecified atom stereocenters. The molecule has 0 aliphatic heterocycles. The fourth-order valence-corrected chi connectivity index (χ4v) is 2.99. The summed E-state index contributed by atoms with van der Waals surface area (Å²) in [4.78, 5) is 13.7. The number of alkyl halides is 1. The van der Waals surface area contributed by atoms with Gasteiger partial charge in [0.05, 0.1) is 4.88 Å². The van der Waals surface area contributed by atoms with Gasteiger partial charge in [0.15, 0.2) is 0 Å². The van der Waals surface area contributed by atoms with E-state index in [4.69, 9.17) is 0 Å². The second kappa shape index (κ2) is 4.26. The highest BCUT2D eigenvalue weighted by atomic mass is 79.9. The van der Waals surface area contributed by atoms with Crippen LogP contribution < -0.4 is 5.32 Å². The Morgan fingerprint density at radius 3 is 2.80 bits per heavy atom. The van der Waals surface area contributed by atoms with Crippen LogP contribution in [-0.4, -0.2) is 17.8 Å². The standard InChI is InChI=1S/C11H14BrNOS/c1-8-2-3-9(15-8)10(14)13-7-11(6-12)4-5-11/h2-3H,4-7H2,1H3,(H,13,14). The summed E-state index contributed by atoms with van der Waals surface area (Å²) in [5, 5.41) is 4.00. The third kappa shape index (κ3) is 2.61. The number of amides is 1. The first-order valence-corrected chi connectivity index (χ1v) is 7.00. The van der Waals surface area contributed by atoms with Gasteiger partial charge in [0.25, 0.3) is 5.91 Å². The smallest absolute Gasteiger partial charge is 0.261 e. The van der Waals surface area contributed by atoms with Gasteiger partial charge in [0.1, 0.15) is 0 Å². The molecule has 2 nitrogen and oxygen atoms in total. The average molecular weight is 288 g/mol. The highest BCUT2D eigenvalue weighted by molar-refractivity contribution is 9.09. The highest BCUT2D eigenvalue weighted by Gasteiger charge is 2.41. The minimum Gasteiger partial charge on any atom is -0.351 e. The summed E-state index contributed by atoms with van der Waals surface area (Å²) in [5.74, 6) is 0.0697. The van der Waals surface area contributed by atoms with Crippen LogP contribution in [0.15, 0.2) is 12.1 Å². The number of thiophene rings is 1. The molecule has 0 bridgehead atoms. The molecule has 1 aromatic rings. The molecule has 1 amide bonds. The van der Waals surface area contributed by atoms with Gasteiger partial charge in [-0.2, -0.15) is 0 Å². The molecule has 0 atom stereocenters. The van der Waals surface area contributed by atoms with E-state index in [0.717, 1.165) is 16.8 Å². The lowest BCUT2D eigenvalue weighted by atomic mass is 10.1. The number of halogens is 1. The number of aryl methyl sites for hydroxylation is 1. The predicted molar refractivity (Wildman–Crippen MR) is 66.9 cm³/mol. The number of carbonyl (C=O) groups is 1. The van der Waals surface area contributed by atoms with E-state index in [1.54, 1.807) is 11.3 Å². The van der Waals surface area contributed by atoms with Crippen LogP contribution in [0.25, 0.3) is 0 Å². The first-order valence-electron chi connectivity index (χ1n) is 5.06. The van der Waals surface area contributed by atoms with Crippen molar-refractivity contribution in [2.75, 3.05) is 11.9 Å². The van der Waals surface area contributed by atoms with Crippen LogP contribution in [0.3, 0.4) is 0 Å². The fourth-order valence-electron chi connectivity index (χ4n) is 1.45. The lowest BCUT2D eigenvalue weighted by molar-refractivity contribution is 0.0950. The van der Waals surface area contributed by atoms with Crippen molar-refractivity contribution in [2.24, 2.45) is 5.41 Å². The molecule has 2 rings (SSSR count). The maximum absolute atomic E-state index is 11.7. The molecule has 0 spiro atoms. The van der Waals surface area contributed by atoms with Gasteiger partial charge in [0.2, 0.25) is 0 Å². The summed E-state index contributed by atoms with van der Waals surface area (Å²) >= 11 is 5.05. The molecule has 0 aromatic carbocycles. The van der Waals surface area contributed by atoms with Gasteiger partial charge in [-0.3, -0.25) is 4.79 Å². The molecule has 1 aromatic heterocycles. The summed E-state index contributed by atoms with van der Waals surface area (Å²) in [6.45, 7) is 2.82. The first kappa shape index (κ1) is 11.1. The fraction of sp³-hybridized carbons (Fsp3) is 0.545. The molecule has 4 heteroatoms. The van der Waals surface area contributed by atoms with Crippen molar-refractivity contribution in [3.8, 4) is 0 Å². The van der Waals surface area contributed by atoms with Crippen LogP contribution in [0.4, 0.5) is 0 Å². The van der Waals surface area contributed by atoms with Gasteiger partial charge < -0.3 is 5.32 Å². The minimum absolute atomic E-state index is 0.0697. The molecule has 0 radical (unpaired) electrons. The lowest BCUT2D eigenvalue weighted by Crippen LogP contribution is -2.30. The summed E-state index contributed by atoms with van der Waals surface area (Å²) in [6.07, 6.45) is 2.45. The zero-order valence-electron chi connectivity index (χ0n) is 8.68. The molecular formula is C11H14BrNOS. The Bertz CT molecular complexity index is 370. The van der Waals surface area contributed by atoms with E-state index < -0.39 is 0 Å². The Morgan fingerprint density at radius 2 is 2.33 bits per heavy atom. The zero-order chi connectivity index (χ0) is 10.9. The average Bonchev–Trinajstić information content (AvgIpc) is 2.90. The first-order chi connectivity index (χ1) is 7.15. The SMILES string of the molecule is Cc1ccc(C(=O)NCC2(CBr)CC2)s1. The number of rotatable bonds is 4. The topological polar surface area (TPSA) is 29.1 Å². The molecule has 1 aliphatic carbocycles. The molecule has 1 heterocycles. The van der Waals surface area contributed by atoms with E-state index in [0.29, 0.717) is 5.41 Å².